The average Bonchev–Trinajstić information content (AvgIpc) is 2.28. The summed E-state index contributed by atoms with van der Waals surface area (Å²) in [4.78, 5) is 11.6. The van der Waals surface area contributed by atoms with Crippen LogP contribution in [0.5, 0.6) is 0 Å². The van der Waals surface area contributed by atoms with Crippen molar-refractivity contribution in [1.29, 1.82) is 0 Å². The second kappa shape index (κ2) is 4.74. The first-order valence-corrected chi connectivity index (χ1v) is 6.02. The van der Waals surface area contributed by atoms with Gasteiger partial charge in [0.1, 0.15) is 6.10 Å². The molecule has 1 aromatic rings. The molecule has 0 spiro atoms. The molecule has 0 saturated heterocycles. The minimum atomic E-state index is -0.293. The van der Waals surface area contributed by atoms with Crippen LogP contribution in [0.3, 0.4) is 0 Å². The van der Waals surface area contributed by atoms with E-state index in [0.29, 0.717) is 11.5 Å². The molecule has 2 heteroatoms. The van der Waals surface area contributed by atoms with Crippen molar-refractivity contribution in [2.45, 2.75) is 32.8 Å². The molecule has 0 fully saturated rings. The molecule has 0 aromatic heterocycles. The Hall–Kier alpha value is -1.57. The third-order valence-electron chi connectivity index (χ3n) is 3.18. The van der Waals surface area contributed by atoms with Crippen molar-refractivity contribution in [3.05, 3.63) is 47.5 Å². The maximum atomic E-state index is 11.6. The highest BCUT2D eigenvalue weighted by Crippen LogP contribution is 2.35. The van der Waals surface area contributed by atoms with Gasteiger partial charge in [0.2, 0.25) is 0 Å². The summed E-state index contributed by atoms with van der Waals surface area (Å²) in [6.45, 7) is 7.49. The summed E-state index contributed by atoms with van der Waals surface area (Å²) >= 11 is 0. The van der Waals surface area contributed by atoms with Crippen molar-refractivity contribution in [3.8, 4) is 0 Å². The van der Waals surface area contributed by atoms with Gasteiger partial charge in [-0.1, -0.05) is 37.8 Å². The molecule has 2 unspecified atom stereocenters. The van der Waals surface area contributed by atoms with Crippen molar-refractivity contribution in [3.63, 3.8) is 0 Å². The number of fused-ring (bicyclic) bond motifs is 1. The van der Waals surface area contributed by atoms with Crippen LogP contribution in [0.2, 0.25) is 0 Å². The molecule has 0 N–H and O–H groups in total. The normalized spacial score (nSPS) is 22.7. The fourth-order valence-electron chi connectivity index (χ4n) is 2.33. The summed E-state index contributed by atoms with van der Waals surface area (Å²) in [5, 5.41) is 0. The highest BCUT2D eigenvalue weighted by Gasteiger charge is 2.27. The first-order chi connectivity index (χ1) is 8.08. The molecule has 2 nitrogen and oxygen atoms in total. The molecule has 0 aliphatic heterocycles. The quantitative estimate of drug-likeness (QED) is 0.574. The number of ether oxygens (including phenoxy) is 1. The molecule has 2 rings (SSSR count). The summed E-state index contributed by atoms with van der Waals surface area (Å²) < 4.78 is 5.51. The molecule has 0 bridgehead atoms. The Morgan fingerprint density at radius 3 is 2.82 bits per heavy atom. The molecule has 90 valence electrons. The monoisotopic (exact) mass is 230 g/mol. The highest BCUT2D eigenvalue weighted by molar-refractivity contribution is 5.87. The summed E-state index contributed by atoms with van der Waals surface area (Å²) in [5.41, 5.74) is 2.91. The number of hydrogen-bond acceptors (Lipinski definition) is 2. The van der Waals surface area contributed by atoms with E-state index in [1.807, 2.05) is 12.1 Å². The third-order valence-corrected chi connectivity index (χ3v) is 3.18. The average molecular weight is 230 g/mol. The van der Waals surface area contributed by atoms with Gasteiger partial charge in [-0.25, -0.2) is 4.79 Å². The summed E-state index contributed by atoms with van der Waals surface area (Å²) in [7, 11) is 0. The van der Waals surface area contributed by atoms with E-state index < -0.39 is 0 Å². The predicted molar refractivity (Wildman–Crippen MR) is 67.6 cm³/mol. The standard InChI is InChI=1S/C15H18O2/c1-10(2)15(16)17-14-9-11(3)8-12-6-4-5-7-13(12)14/h4-7,11,14H,1,8-9H2,2-3H3. The molecule has 2 atom stereocenters. The van der Waals surface area contributed by atoms with Crippen LogP contribution in [0, 0.1) is 5.92 Å². The summed E-state index contributed by atoms with van der Waals surface area (Å²) in [5.74, 6) is 0.256. The van der Waals surface area contributed by atoms with Crippen LogP contribution in [0.25, 0.3) is 0 Å². The number of rotatable bonds is 2. The minimum absolute atomic E-state index is 0.112. The Morgan fingerprint density at radius 1 is 1.41 bits per heavy atom. The van der Waals surface area contributed by atoms with E-state index in [1.54, 1.807) is 6.92 Å². The van der Waals surface area contributed by atoms with E-state index in [0.717, 1.165) is 18.4 Å². The molecular weight excluding hydrogens is 212 g/mol. The summed E-state index contributed by atoms with van der Waals surface area (Å²) in [6.07, 6.45) is 1.85. The van der Waals surface area contributed by atoms with Gasteiger partial charge in [0.15, 0.2) is 0 Å². The lowest BCUT2D eigenvalue weighted by atomic mass is 9.83. The Morgan fingerprint density at radius 2 is 2.12 bits per heavy atom. The lowest BCUT2D eigenvalue weighted by Crippen LogP contribution is -2.21. The first-order valence-electron chi connectivity index (χ1n) is 6.02. The van der Waals surface area contributed by atoms with Crippen molar-refractivity contribution in [2.24, 2.45) is 5.92 Å². The second-order valence-corrected chi connectivity index (χ2v) is 4.92. The Labute approximate surface area is 102 Å². The Kier molecular flexibility index (Phi) is 3.32. The van der Waals surface area contributed by atoms with Gasteiger partial charge < -0.3 is 4.74 Å². The molecule has 0 saturated carbocycles. The van der Waals surface area contributed by atoms with E-state index in [9.17, 15) is 4.79 Å². The zero-order valence-corrected chi connectivity index (χ0v) is 10.4. The van der Waals surface area contributed by atoms with Crippen molar-refractivity contribution in [1.82, 2.24) is 0 Å². The second-order valence-electron chi connectivity index (χ2n) is 4.92. The fourth-order valence-corrected chi connectivity index (χ4v) is 2.33. The van der Waals surface area contributed by atoms with Crippen LogP contribution in [-0.2, 0) is 16.0 Å². The number of hydrogen-bond donors (Lipinski definition) is 0. The van der Waals surface area contributed by atoms with Crippen LogP contribution in [0.4, 0.5) is 0 Å². The maximum Gasteiger partial charge on any atom is 0.333 e. The van der Waals surface area contributed by atoms with Crippen molar-refractivity contribution in [2.75, 3.05) is 0 Å². The Balaban J connectivity index is 2.24. The molecule has 1 aliphatic carbocycles. The van der Waals surface area contributed by atoms with Gasteiger partial charge in [0, 0.05) is 5.57 Å². The van der Waals surface area contributed by atoms with E-state index in [2.05, 4.69) is 25.6 Å². The first kappa shape index (κ1) is 11.9. The Bertz CT molecular complexity index is 448. The van der Waals surface area contributed by atoms with Crippen LogP contribution in [0.1, 0.15) is 37.5 Å². The topological polar surface area (TPSA) is 26.3 Å². The predicted octanol–water partition coefficient (Wildman–Crippen LogP) is 3.43. The molecule has 17 heavy (non-hydrogen) atoms. The van der Waals surface area contributed by atoms with Gasteiger partial charge in [-0.05, 0) is 36.8 Å². The maximum absolute atomic E-state index is 11.6. The zero-order valence-electron chi connectivity index (χ0n) is 10.4. The lowest BCUT2D eigenvalue weighted by molar-refractivity contribution is -0.145. The number of carbonyl (C=O) groups is 1. The van der Waals surface area contributed by atoms with Gasteiger partial charge >= 0.3 is 5.97 Å². The molecule has 1 aromatic carbocycles. The minimum Gasteiger partial charge on any atom is -0.454 e. The molecule has 0 heterocycles. The van der Waals surface area contributed by atoms with Crippen molar-refractivity contribution >= 4 is 5.97 Å². The zero-order chi connectivity index (χ0) is 12.4. The number of benzene rings is 1. The molecule has 0 amide bonds. The van der Waals surface area contributed by atoms with Crippen LogP contribution < -0.4 is 0 Å². The molecule has 1 aliphatic rings. The van der Waals surface area contributed by atoms with Crippen LogP contribution in [0.15, 0.2) is 36.4 Å². The SMILES string of the molecule is C=C(C)C(=O)OC1CC(C)Cc2ccccc21. The number of carbonyl (C=O) groups excluding carboxylic acids is 1. The molecule has 0 radical (unpaired) electrons. The highest BCUT2D eigenvalue weighted by atomic mass is 16.5. The third kappa shape index (κ3) is 2.57. The number of esters is 1. The van der Waals surface area contributed by atoms with E-state index in [1.165, 1.54) is 5.56 Å². The fraction of sp³-hybridized carbons (Fsp3) is 0.400. The van der Waals surface area contributed by atoms with Crippen molar-refractivity contribution < 1.29 is 9.53 Å². The van der Waals surface area contributed by atoms with Crippen LogP contribution in [-0.4, -0.2) is 5.97 Å². The van der Waals surface area contributed by atoms with Gasteiger partial charge in [0.05, 0.1) is 0 Å². The van der Waals surface area contributed by atoms with E-state index in [4.69, 9.17) is 4.74 Å². The lowest BCUT2D eigenvalue weighted by Gasteiger charge is -2.29. The van der Waals surface area contributed by atoms with Gasteiger partial charge in [-0.3, -0.25) is 0 Å². The van der Waals surface area contributed by atoms with E-state index >= 15 is 0 Å². The van der Waals surface area contributed by atoms with E-state index in [-0.39, 0.29) is 12.1 Å². The van der Waals surface area contributed by atoms with Gasteiger partial charge in [0.25, 0.3) is 0 Å². The smallest absolute Gasteiger partial charge is 0.333 e. The van der Waals surface area contributed by atoms with Gasteiger partial charge in [-0.2, -0.15) is 0 Å². The molecular formula is C15H18O2. The van der Waals surface area contributed by atoms with Gasteiger partial charge in [-0.15, -0.1) is 0 Å². The largest absolute Gasteiger partial charge is 0.454 e. The summed E-state index contributed by atoms with van der Waals surface area (Å²) in [6, 6.07) is 8.20. The van der Waals surface area contributed by atoms with Crippen LogP contribution >= 0.6 is 0 Å².